The fraction of sp³-hybridized carbons (Fsp3) is 0.238. The maximum Gasteiger partial charge on any atom is 0.176 e. The molecular formula is C21H18F2OS. The first kappa shape index (κ1) is 16.3. The summed E-state index contributed by atoms with van der Waals surface area (Å²) in [5.74, 6) is 0.521. The number of rotatable bonds is 4. The fourth-order valence-electron chi connectivity index (χ4n) is 3.28. The maximum absolute atomic E-state index is 14.4. The Hall–Kier alpha value is -2.20. The van der Waals surface area contributed by atoms with Gasteiger partial charge in [0.25, 0.3) is 0 Å². The summed E-state index contributed by atoms with van der Waals surface area (Å²) in [5.41, 5.74) is 2.16. The Bertz CT molecular complexity index is 864. The van der Waals surface area contributed by atoms with Gasteiger partial charge in [0.15, 0.2) is 5.13 Å². The molecule has 3 aromatic rings. The van der Waals surface area contributed by atoms with Crippen LogP contribution in [-0.4, -0.2) is 6.10 Å². The number of hydrogen-bond donors (Lipinski definition) is 0. The molecule has 0 aliphatic heterocycles. The summed E-state index contributed by atoms with van der Waals surface area (Å²) in [6.07, 6.45) is 5.05. The van der Waals surface area contributed by atoms with Crippen molar-refractivity contribution in [2.45, 2.75) is 31.8 Å². The Labute approximate surface area is 149 Å². The van der Waals surface area contributed by atoms with Gasteiger partial charge in [-0.2, -0.15) is 4.39 Å². The SMILES string of the molecule is Fc1ccc(-c2ccc(-c3ccc(OC4CCCC4)cc3)cc2F)s1. The molecule has 4 heteroatoms. The van der Waals surface area contributed by atoms with Gasteiger partial charge in [0.2, 0.25) is 0 Å². The topological polar surface area (TPSA) is 9.23 Å². The average molecular weight is 356 g/mol. The lowest BCUT2D eigenvalue weighted by molar-refractivity contribution is 0.210. The van der Waals surface area contributed by atoms with Crippen LogP contribution in [0.2, 0.25) is 0 Å². The van der Waals surface area contributed by atoms with Gasteiger partial charge < -0.3 is 4.74 Å². The van der Waals surface area contributed by atoms with E-state index in [-0.39, 0.29) is 10.9 Å². The van der Waals surface area contributed by atoms with Crippen molar-refractivity contribution < 1.29 is 13.5 Å². The zero-order valence-corrected chi connectivity index (χ0v) is 14.5. The first-order valence-corrected chi connectivity index (χ1v) is 9.33. The summed E-state index contributed by atoms with van der Waals surface area (Å²) >= 11 is 0.950. The number of halogens is 2. The molecule has 0 spiro atoms. The molecule has 0 atom stereocenters. The summed E-state index contributed by atoms with van der Waals surface area (Å²) in [4.78, 5) is 0.599. The average Bonchev–Trinajstić information content (AvgIpc) is 3.27. The lowest BCUT2D eigenvalue weighted by atomic mass is 10.0. The van der Waals surface area contributed by atoms with E-state index in [1.54, 1.807) is 12.1 Å². The first-order valence-electron chi connectivity index (χ1n) is 8.51. The predicted octanol–water partition coefficient (Wildman–Crippen LogP) is 6.68. The summed E-state index contributed by atoms with van der Waals surface area (Å²) in [6.45, 7) is 0. The van der Waals surface area contributed by atoms with Gasteiger partial charge in [-0.05, 0) is 73.2 Å². The molecule has 1 saturated carbocycles. The van der Waals surface area contributed by atoms with E-state index in [1.807, 2.05) is 30.3 Å². The third-order valence-electron chi connectivity index (χ3n) is 4.60. The fourth-order valence-corrected chi connectivity index (χ4v) is 4.04. The van der Waals surface area contributed by atoms with E-state index >= 15 is 0 Å². The van der Waals surface area contributed by atoms with Crippen molar-refractivity contribution in [3.05, 3.63) is 65.5 Å². The van der Waals surface area contributed by atoms with Crippen LogP contribution in [0.25, 0.3) is 21.6 Å². The molecule has 1 aromatic heterocycles. The second-order valence-corrected chi connectivity index (χ2v) is 7.38. The standard InChI is InChI=1S/C21H18F2OS/c22-19-13-15(7-10-18(19)20-11-12-21(23)25-20)14-5-8-17(9-6-14)24-16-3-1-2-4-16/h5-13,16H,1-4H2. The third-order valence-corrected chi connectivity index (χ3v) is 5.51. The Balaban J connectivity index is 1.54. The zero-order chi connectivity index (χ0) is 17.2. The molecule has 0 N–H and O–H groups in total. The van der Waals surface area contributed by atoms with Gasteiger partial charge in [-0.3, -0.25) is 0 Å². The smallest absolute Gasteiger partial charge is 0.176 e. The summed E-state index contributed by atoms with van der Waals surface area (Å²) in [6, 6.07) is 15.8. The zero-order valence-electron chi connectivity index (χ0n) is 13.7. The van der Waals surface area contributed by atoms with Gasteiger partial charge in [0.05, 0.1) is 6.10 Å². The maximum atomic E-state index is 14.4. The molecule has 0 bridgehead atoms. The van der Waals surface area contributed by atoms with Crippen LogP contribution in [0.15, 0.2) is 54.6 Å². The predicted molar refractivity (Wildman–Crippen MR) is 98.0 cm³/mol. The van der Waals surface area contributed by atoms with Crippen LogP contribution in [0.4, 0.5) is 8.78 Å². The van der Waals surface area contributed by atoms with Gasteiger partial charge in [0.1, 0.15) is 11.6 Å². The van der Waals surface area contributed by atoms with Crippen LogP contribution in [0.1, 0.15) is 25.7 Å². The monoisotopic (exact) mass is 356 g/mol. The molecule has 128 valence electrons. The van der Waals surface area contributed by atoms with Gasteiger partial charge >= 0.3 is 0 Å². The molecule has 0 unspecified atom stereocenters. The van der Waals surface area contributed by atoms with Crippen LogP contribution >= 0.6 is 11.3 Å². The minimum absolute atomic E-state index is 0.309. The van der Waals surface area contributed by atoms with E-state index in [4.69, 9.17) is 4.74 Å². The van der Waals surface area contributed by atoms with E-state index in [1.165, 1.54) is 25.0 Å². The summed E-state index contributed by atoms with van der Waals surface area (Å²) < 4.78 is 33.6. The van der Waals surface area contributed by atoms with Crippen LogP contribution in [0.3, 0.4) is 0 Å². The minimum Gasteiger partial charge on any atom is -0.490 e. The van der Waals surface area contributed by atoms with Crippen molar-refractivity contribution in [2.75, 3.05) is 0 Å². The van der Waals surface area contributed by atoms with Crippen LogP contribution < -0.4 is 4.74 Å². The Morgan fingerprint density at radius 3 is 2.20 bits per heavy atom. The molecule has 25 heavy (non-hydrogen) atoms. The molecule has 1 heterocycles. The summed E-state index contributed by atoms with van der Waals surface area (Å²) in [5, 5.41) is -0.309. The normalized spacial score (nSPS) is 14.8. The van der Waals surface area contributed by atoms with Crippen LogP contribution in [-0.2, 0) is 0 Å². The number of ether oxygens (including phenoxy) is 1. The highest BCUT2D eigenvalue weighted by Gasteiger charge is 2.16. The second-order valence-electron chi connectivity index (χ2n) is 6.35. The molecule has 0 saturated heterocycles. The highest BCUT2D eigenvalue weighted by atomic mass is 32.1. The van der Waals surface area contributed by atoms with Crippen LogP contribution in [0.5, 0.6) is 5.75 Å². The first-order chi connectivity index (χ1) is 12.2. The molecule has 1 nitrogen and oxygen atoms in total. The Kier molecular flexibility index (Phi) is 4.53. The third kappa shape index (κ3) is 3.59. The molecule has 2 aromatic carbocycles. The largest absolute Gasteiger partial charge is 0.490 e. The lowest BCUT2D eigenvalue weighted by Crippen LogP contribution is -2.10. The van der Waals surface area contributed by atoms with Crippen LogP contribution in [0, 0.1) is 10.9 Å². The molecule has 0 amide bonds. The van der Waals surface area contributed by atoms with E-state index in [2.05, 4.69) is 0 Å². The summed E-state index contributed by atoms with van der Waals surface area (Å²) in [7, 11) is 0. The highest BCUT2D eigenvalue weighted by Crippen LogP contribution is 2.33. The number of benzene rings is 2. The molecule has 0 radical (unpaired) electrons. The molecule has 4 rings (SSSR count). The highest BCUT2D eigenvalue weighted by molar-refractivity contribution is 7.13. The number of hydrogen-bond acceptors (Lipinski definition) is 2. The number of thiophene rings is 1. The molecular weight excluding hydrogens is 338 g/mol. The van der Waals surface area contributed by atoms with Crippen molar-refractivity contribution in [1.82, 2.24) is 0 Å². The van der Waals surface area contributed by atoms with E-state index in [0.29, 0.717) is 16.5 Å². The van der Waals surface area contributed by atoms with Gasteiger partial charge in [0, 0.05) is 10.4 Å². The van der Waals surface area contributed by atoms with Crippen molar-refractivity contribution >= 4 is 11.3 Å². The van der Waals surface area contributed by atoms with Gasteiger partial charge in [-0.25, -0.2) is 4.39 Å². The molecule has 1 aliphatic carbocycles. The van der Waals surface area contributed by atoms with Gasteiger partial charge in [-0.1, -0.05) is 18.2 Å². The van der Waals surface area contributed by atoms with Gasteiger partial charge in [-0.15, -0.1) is 11.3 Å². The van der Waals surface area contributed by atoms with E-state index in [0.717, 1.165) is 41.1 Å². The van der Waals surface area contributed by atoms with Crippen molar-refractivity contribution in [3.63, 3.8) is 0 Å². The molecule has 1 aliphatic rings. The Morgan fingerprint density at radius 1 is 0.840 bits per heavy atom. The second kappa shape index (κ2) is 6.96. The van der Waals surface area contributed by atoms with Crippen molar-refractivity contribution in [3.8, 4) is 27.3 Å². The quantitative estimate of drug-likeness (QED) is 0.506. The lowest BCUT2D eigenvalue weighted by Gasteiger charge is -2.13. The Morgan fingerprint density at radius 2 is 1.56 bits per heavy atom. The minimum atomic E-state index is -0.342. The van der Waals surface area contributed by atoms with Crippen molar-refractivity contribution in [1.29, 1.82) is 0 Å². The van der Waals surface area contributed by atoms with E-state index < -0.39 is 0 Å². The van der Waals surface area contributed by atoms with Crippen molar-refractivity contribution in [2.24, 2.45) is 0 Å². The van der Waals surface area contributed by atoms with E-state index in [9.17, 15) is 8.78 Å². The molecule has 1 fully saturated rings.